The Bertz CT molecular complexity index is 5030. The molecule has 6 heterocycles. The van der Waals surface area contributed by atoms with Gasteiger partial charge in [-0.3, -0.25) is 38.9 Å². The monoisotopic (exact) mass is 1870 g/mol. The molecule has 1 saturated carbocycles. The Labute approximate surface area is 760 Å². The van der Waals surface area contributed by atoms with Gasteiger partial charge in [0.25, 0.3) is 17.7 Å². The van der Waals surface area contributed by atoms with Crippen molar-refractivity contribution in [2.24, 2.45) is 17.1 Å². The van der Waals surface area contributed by atoms with Crippen LogP contribution in [0.2, 0.25) is 0 Å². The second-order valence-corrected chi connectivity index (χ2v) is 33.0. The summed E-state index contributed by atoms with van der Waals surface area (Å²) in [4.78, 5) is 155. The molecule has 8 amide bonds. The fourth-order valence-electron chi connectivity index (χ4n) is 16.2. The maximum atomic E-state index is 15.2. The zero-order valence-electron chi connectivity index (χ0n) is 73.3. The van der Waals surface area contributed by atoms with Crippen molar-refractivity contribution in [2.75, 3.05) is 122 Å². The molecule has 3 saturated heterocycles. The molecule has 7 aliphatic rings. The van der Waals surface area contributed by atoms with Gasteiger partial charge in [-0.1, -0.05) is 50.2 Å². The number of ether oxygens (including phenoxy) is 14. The number of methoxy groups -OCH3 is 2. The van der Waals surface area contributed by atoms with Crippen molar-refractivity contribution < 1.29 is 170 Å². The number of hydrogen-bond donors (Lipinski definition) is 15. The lowest BCUT2D eigenvalue weighted by Crippen LogP contribution is -2.61. The first-order valence-corrected chi connectivity index (χ1v) is 43.0. The molecular weight excluding hydrogens is 1760 g/mol. The van der Waals surface area contributed by atoms with Crippen LogP contribution in [0.4, 0.5) is 32.3 Å². The lowest BCUT2D eigenvalue weighted by molar-refractivity contribution is -0.387. The Morgan fingerprint density at radius 1 is 0.594 bits per heavy atom. The average Bonchev–Trinajstić information content (AvgIpc) is 1.55. The van der Waals surface area contributed by atoms with E-state index in [0.29, 0.717) is 52.0 Å². The zero-order chi connectivity index (χ0) is 95.8. The first-order chi connectivity index (χ1) is 63.7. The summed E-state index contributed by atoms with van der Waals surface area (Å²) in [5.41, 5.74) is 5.02. The SMILES string of the molecule is COc1cc2c(cc1OCCCCCOc1cc3c(cc1OC)C(=O)N1CC4(CC4)C[C@H]1[C@H](O)N3C(=O)OCc1ccc(NC(=O)[C@H](CO[C@@H]3O[C@H](C(=O)O)[C@@H](O)[C@H](O)[C@H]3O)NC(=O)[C@@H](NC(C)=O)C(C)C)cc1C(=O)NCCOCCOCCOCCOCCN)N(C(=O)OCc1ccc(O[C@@H]3O[C@H](C(=O)O)[C@@H](O)[C@H](O)[C@H]3O)c([N+](=O)[O-])c1)[C@@H](O)[C@@H]1Cc3ccccc3CN1C2=O. The highest BCUT2D eigenvalue weighted by molar-refractivity contribution is 6.08. The van der Waals surface area contributed by atoms with Gasteiger partial charge in [-0.05, 0) is 103 Å². The molecule has 0 unspecified atom stereocenters. The van der Waals surface area contributed by atoms with Crippen molar-refractivity contribution in [2.45, 2.75) is 184 Å². The van der Waals surface area contributed by atoms with Gasteiger partial charge in [0.1, 0.15) is 61.9 Å². The van der Waals surface area contributed by atoms with E-state index in [-0.39, 0.29) is 146 Å². The Balaban J connectivity index is 0.745. The van der Waals surface area contributed by atoms with Gasteiger partial charge in [0.2, 0.25) is 24.0 Å². The van der Waals surface area contributed by atoms with Crippen molar-refractivity contribution in [1.82, 2.24) is 25.8 Å². The number of rotatable bonds is 43. The topological polar surface area (TPSA) is 632 Å². The smallest absolute Gasteiger partial charge is 0.416 e. The number of nitrogens with zero attached hydrogens (tertiary/aromatic N) is 5. The second-order valence-electron chi connectivity index (χ2n) is 33.0. The number of fused-ring (bicyclic) bond motifs is 5. The Morgan fingerprint density at radius 3 is 1.70 bits per heavy atom. The minimum absolute atomic E-state index is 0.00681. The van der Waals surface area contributed by atoms with Crippen LogP contribution in [0.5, 0.6) is 28.7 Å². The normalized spacial score (nSPS) is 23.7. The van der Waals surface area contributed by atoms with Crippen LogP contribution >= 0.6 is 0 Å². The van der Waals surface area contributed by atoms with E-state index in [1.807, 2.05) is 12.1 Å². The highest BCUT2D eigenvalue weighted by atomic mass is 16.7. The minimum atomic E-state index is -2.12. The van der Waals surface area contributed by atoms with Crippen LogP contribution in [-0.4, -0.2) is 330 Å². The van der Waals surface area contributed by atoms with E-state index in [2.05, 4.69) is 21.3 Å². The quantitative estimate of drug-likeness (QED) is 0.0141. The largest absolute Gasteiger partial charge is 0.493 e. The van der Waals surface area contributed by atoms with Gasteiger partial charge in [0.15, 0.2) is 59.7 Å². The molecule has 0 bridgehead atoms. The molecule has 1 aliphatic carbocycles. The van der Waals surface area contributed by atoms with Crippen LogP contribution in [0.15, 0.2) is 84.9 Å². The number of nitro benzene ring substituents is 1. The number of carboxylic acid groups (broad SMARTS) is 2. The molecule has 724 valence electrons. The number of aliphatic hydroxyl groups is 8. The summed E-state index contributed by atoms with van der Waals surface area (Å²) < 4.78 is 79.6. The summed E-state index contributed by atoms with van der Waals surface area (Å²) >= 11 is 0. The van der Waals surface area contributed by atoms with Crippen LogP contribution in [-0.2, 0) is 92.8 Å². The van der Waals surface area contributed by atoms with Crippen molar-refractivity contribution in [3.05, 3.63) is 134 Å². The fraction of sp³-hybridized carbons (Fsp3) is 0.540. The number of nitrogens with one attached hydrogen (secondary N) is 4. The van der Waals surface area contributed by atoms with Gasteiger partial charge >= 0.3 is 29.8 Å². The average molecular weight is 1870 g/mol. The van der Waals surface area contributed by atoms with Crippen LogP contribution in [0, 0.1) is 21.4 Å². The molecule has 0 radical (unpaired) electrons. The van der Waals surface area contributed by atoms with Gasteiger partial charge in [-0.2, -0.15) is 0 Å². The third-order valence-electron chi connectivity index (χ3n) is 23.5. The van der Waals surface area contributed by atoms with Gasteiger partial charge in [0.05, 0.1) is 126 Å². The Hall–Kier alpha value is -11.8. The number of hydrogen-bond acceptors (Lipinski definition) is 35. The first-order valence-electron chi connectivity index (χ1n) is 43.0. The lowest BCUT2D eigenvalue weighted by Gasteiger charge is -2.39. The molecule has 4 fully saturated rings. The highest BCUT2D eigenvalue weighted by Gasteiger charge is 2.59. The van der Waals surface area contributed by atoms with Gasteiger partial charge in [-0.15, -0.1) is 0 Å². The van der Waals surface area contributed by atoms with Crippen molar-refractivity contribution in [3.63, 3.8) is 0 Å². The molecule has 46 nitrogen and oxygen atoms in total. The van der Waals surface area contributed by atoms with E-state index >= 15 is 4.79 Å². The predicted octanol–water partition coefficient (Wildman–Crippen LogP) is 0.271. The molecule has 12 rings (SSSR count). The zero-order valence-corrected chi connectivity index (χ0v) is 73.3. The third kappa shape index (κ3) is 23.9. The Kier molecular flexibility index (Phi) is 34.1. The third-order valence-corrected chi connectivity index (χ3v) is 23.5. The maximum absolute atomic E-state index is 15.2. The number of carbonyl (C=O) groups is 10. The van der Waals surface area contributed by atoms with E-state index in [1.54, 1.807) is 26.0 Å². The number of benzene rings is 5. The number of aliphatic hydroxyl groups excluding tert-OH is 8. The minimum Gasteiger partial charge on any atom is -0.493 e. The van der Waals surface area contributed by atoms with Gasteiger partial charge < -0.3 is 154 Å². The van der Waals surface area contributed by atoms with Crippen molar-refractivity contribution in [3.8, 4) is 28.7 Å². The van der Waals surface area contributed by atoms with Crippen LogP contribution in [0.1, 0.15) is 113 Å². The number of nitro groups is 1. The van der Waals surface area contributed by atoms with E-state index in [0.717, 1.165) is 52.8 Å². The summed E-state index contributed by atoms with van der Waals surface area (Å²) in [6.45, 7) is 4.38. The molecular formula is C87H110N10O36. The summed E-state index contributed by atoms with van der Waals surface area (Å²) in [6, 6.07) is 14.6. The number of amides is 8. The van der Waals surface area contributed by atoms with E-state index in [4.69, 9.17) is 72.0 Å². The number of carboxylic acids is 2. The van der Waals surface area contributed by atoms with E-state index in [9.17, 15) is 104 Å². The molecule has 1 spiro atoms. The summed E-state index contributed by atoms with van der Waals surface area (Å²) in [7, 11) is 2.66. The van der Waals surface area contributed by atoms with E-state index < -0.39 is 200 Å². The van der Waals surface area contributed by atoms with Crippen molar-refractivity contribution >= 4 is 82.3 Å². The van der Waals surface area contributed by atoms with Crippen LogP contribution < -0.4 is 60.5 Å². The van der Waals surface area contributed by atoms with E-state index in [1.165, 1.54) is 72.6 Å². The lowest BCUT2D eigenvalue weighted by atomic mass is 9.93. The number of aliphatic carboxylic acids is 2. The summed E-state index contributed by atoms with van der Waals surface area (Å²) in [5, 5.41) is 130. The number of carbonyl (C=O) groups excluding carboxylic acids is 8. The molecule has 6 aliphatic heterocycles. The van der Waals surface area contributed by atoms with Crippen LogP contribution in [0.25, 0.3) is 0 Å². The standard InChI is InChI=1S/C87H110N10O36/c1-44(2)65(90-45(3)98)76(107)92-54(42-128-83-70(103)66(99)68(101)72(132-83)81(112)113)75(106)91-50-15-14-49(51(33-50)74(105)89-20-24-123-26-28-125-30-29-124-27-25-122-23-19-88)41-130-86(117)96-56-37-64(62(121-5)35-53(56)78(109)94-43-87(17-18-87)38-59(94)80(96)111)127-22-10-6-9-21-126-63-36-55-52(34-61(63)120-4)77(108)93-39-48-12-8-7-11-47(48)32-58(93)79(110)95(55)85(116)129-40-46-13-16-60(57(31-46)97(118)119)131-84-71(104)67(100)69(102)73(133-84)82(114)115/h7-8,11-16,31,33-37,44,54,58-59,65-73,79-80,83-84,99-104,110-111H,6,9-10,17-30,32,38-43,88H2,1-5H3,(H,89,105)(H,90,98)(H,91,106)(H,92,107)(H,112,113)(H,114,115)/t54-,58-,59-,65-,66-,67-,68-,69-,70+,71+,72-,73-,79-,80-,83+,84+/m0/s1. The summed E-state index contributed by atoms with van der Waals surface area (Å²) in [5.74, 6) is -9.00. The summed E-state index contributed by atoms with van der Waals surface area (Å²) in [6.07, 6.45) is -23.8. The molecule has 16 N–H and O–H groups in total. The molecule has 133 heavy (non-hydrogen) atoms. The van der Waals surface area contributed by atoms with Gasteiger partial charge in [-0.25, -0.2) is 29.0 Å². The number of nitrogens with two attached hydrogens (primary N) is 1. The Morgan fingerprint density at radius 2 is 1.14 bits per heavy atom. The fourth-order valence-corrected chi connectivity index (χ4v) is 16.2. The molecule has 46 heteroatoms. The number of unbranched alkanes of at least 4 members (excludes halogenated alkanes) is 2. The molecule has 0 aromatic heterocycles. The second kappa shape index (κ2) is 45.3. The predicted molar refractivity (Wildman–Crippen MR) is 456 cm³/mol. The van der Waals surface area contributed by atoms with Gasteiger partial charge in [0, 0.05) is 68.1 Å². The first kappa shape index (κ1) is 100. The maximum Gasteiger partial charge on any atom is 0.416 e. The van der Waals surface area contributed by atoms with Crippen molar-refractivity contribution in [1.29, 1.82) is 0 Å². The van der Waals surface area contributed by atoms with Crippen LogP contribution in [0.3, 0.4) is 0 Å². The molecule has 16 atom stereocenters. The highest BCUT2D eigenvalue weighted by Crippen LogP contribution is 2.57. The molecule has 5 aromatic carbocycles. The number of anilines is 3. The molecule has 5 aromatic rings.